The number of carbonyl (C=O) groups excluding carboxylic acids is 2. The van der Waals surface area contributed by atoms with E-state index in [1.165, 1.54) is 0 Å². The van der Waals surface area contributed by atoms with Gasteiger partial charge in [0.15, 0.2) is 5.60 Å². The molecule has 0 saturated carbocycles. The number of rotatable bonds is 7. The number of amides is 3. The summed E-state index contributed by atoms with van der Waals surface area (Å²) in [5.74, 6) is -1.63. The first-order chi connectivity index (χ1) is 11.2. The number of carboxylic acid groups (broad SMARTS) is 1. The Labute approximate surface area is 140 Å². The van der Waals surface area contributed by atoms with Crippen LogP contribution in [0, 0.1) is 0 Å². The molecule has 8 nitrogen and oxygen atoms in total. The molecule has 2 unspecified atom stereocenters. The minimum Gasteiger partial charge on any atom is -0.479 e. The van der Waals surface area contributed by atoms with E-state index in [9.17, 15) is 19.5 Å². The fraction of sp³-hybridized carbons (Fsp3) is 0.438. The molecule has 1 aromatic rings. The van der Waals surface area contributed by atoms with E-state index in [1.54, 1.807) is 24.3 Å². The van der Waals surface area contributed by atoms with Gasteiger partial charge in [-0.25, -0.2) is 9.59 Å². The average Bonchev–Trinajstić information content (AvgIpc) is 2.53. The van der Waals surface area contributed by atoms with E-state index in [4.69, 9.17) is 5.11 Å². The summed E-state index contributed by atoms with van der Waals surface area (Å²) in [4.78, 5) is 34.3. The molecule has 0 heterocycles. The van der Waals surface area contributed by atoms with Crippen LogP contribution in [-0.2, 0) is 4.79 Å². The Morgan fingerprint density at radius 2 is 1.79 bits per heavy atom. The van der Waals surface area contributed by atoms with Crippen LogP contribution < -0.4 is 16.0 Å². The molecule has 1 aromatic carbocycles. The quantitative estimate of drug-likeness (QED) is 0.510. The summed E-state index contributed by atoms with van der Waals surface area (Å²) in [6, 6.07) is 5.67. The number of anilines is 1. The molecule has 0 aromatic heterocycles. The van der Waals surface area contributed by atoms with Gasteiger partial charge in [-0.05, 0) is 44.5 Å². The Morgan fingerprint density at radius 3 is 2.29 bits per heavy atom. The summed E-state index contributed by atoms with van der Waals surface area (Å²) in [6.07, 6.45) is 0.825. The van der Waals surface area contributed by atoms with Crippen LogP contribution in [-0.4, -0.2) is 46.3 Å². The smallest absolute Gasteiger partial charge is 0.337 e. The van der Waals surface area contributed by atoms with Crippen molar-refractivity contribution in [2.24, 2.45) is 0 Å². The van der Waals surface area contributed by atoms with Gasteiger partial charge in [-0.2, -0.15) is 0 Å². The summed E-state index contributed by atoms with van der Waals surface area (Å²) in [5.41, 5.74) is -1.15. The molecule has 1 rings (SSSR count). The Kier molecular flexibility index (Phi) is 6.72. The van der Waals surface area contributed by atoms with Crippen LogP contribution in [0.1, 0.15) is 37.6 Å². The molecule has 0 radical (unpaired) electrons. The van der Waals surface area contributed by atoms with Crippen LogP contribution in [0.2, 0.25) is 0 Å². The maximum Gasteiger partial charge on any atom is 0.337 e. The highest BCUT2D eigenvalue weighted by Crippen LogP contribution is 2.10. The molecule has 0 fully saturated rings. The molecule has 8 heteroatoms. The van der Waals surface area contributed by atoms with E-state index in [0.717, 1.165) is 13.3 Å². The summed E-state index contributed by atoms with van der Waals surface area (Å²) in [5, 5.41) is 25.8. The number of hydrogen-bond acceptors (Lipinski definition) is 4. The first kappa shape index (κ1) is 19.4. The molecule has 24 heavy (non-hydrogen) atoms. The topological polar surface area (TPSA) is 128 Å². The SMILES string of the molecule is CCC(C)NC(=O)c1ccc(NC(=O)NCC(C)(O)C(=O)O)cc1. The molecule has 2 atom stereocenters. The fourth-order valence-electron chi connectivity index (χ4n) is 1.62. The third kappa shape index (κ3) is 5.88. The van der Waals surface area contributed by atoms with Crippen molar-refractivity contribution in [1.29, 1.82) is 0 Å². The van der Waals surface area contributed by atoms with Gasteiger partial charge in [-0.3, -0.25) is 4.79 Å². The van der Waals surface area contributed by atoms with Gasteiger partial charge in [0.05, 0.1) is 6.54 Å². The molecule has 0 spiro atoms. The first-order valence-electron chi connectivity index (χ1n) is 7.57. The number of urea groups is 1. The minimum absolute atomic E-state index is 0.0723. The van der Waals surface area contributed by atoms with E-state index in [2.05, 4.69) is 16.0 Å². The predicted octanol–water partition coefficient (Wildman–Crippen LogP) is 1.17. The van der Waals surface area contributed by atoms with Crippen molar-refractivity contribution in [3.05, 3.63) is 29.8 Å². The molecular formula is C16H23N3O5. The maximum absolute atomic E-state index is 11.9. The molecule has 3 amide bonds. The summed E-state index contributed by atoms with van der Waals surface area (Å²) in [7, 11) is 0. The van der Waals surface area contributed by atoms with Crippen LogP contribution in [0.3, 0.4) is 0 Å². The predicted molar refractivity (Wildman–Crippen MR) is 88.9 cm³/mol. The number of nitrogens with one attached hydrogen (secondary N) is 3. The van der Waals surface area contributed by atoms with Crippen LogP contribution >= 0.6 is 0 Å². The van der Waals surface area contributed by atoms with Gasteiger partial charge in [0.2, 0.25) is 0 Å². The van der Waals surface area contributed by atoms with Gasteiger partial charge in [0, 0.05) is 17.3 Å². The molecule has 0 bridgehead atoms. The average molecular weight is 337 g/mol. The summed E-state index contributed by atoms with van der Waals surface area (Å²) >= 11 is 0. The van der Waals surface area contributed by atoms with Crippen LogP contribution in [0.5, 0.6) is 0 Å². The molecule has 0 aliphatic heterocycles. The Morgan fingerprint density at radius 1 is 1.21 bits per heavy atom. The third-order valence-corrected chi connectivity index (χ3v) is 3.45. The van der Waals surface area contributed by atoms with Crippen LogP contribution in [0.25, 0.3) is 0 Å². The molecule has 0 saturated heterocycles. The van der Waals surface area contributed by atoms with Crippen molar-refractivity contribution in [2.75, 3.05) is 11.9 Å². The molecular weight excluding hydrogens is 314 g/mol. The summed E-state index contributed by atoms with van der Waals surface area (Å²) in [6.45, 7) is 4.52. The lowest BCUT2D eigenvalue weighted by Crippen LogP contribution is -2.47. The van der Waals surface area contributed by atoms with Crippen LogP contribution in [0.15, 0.2) is 24.3 Å². The normalized spacial score (nSPS) is 14.2. The van der Waals surface area contributed by atoms with Crippen molar-refractivity contribution < 1.29 is 24.6 Å². The minimum atomic E-state index is -2.05. The first-order valence-corrected chi connectivity index (χ1v) is 7.57. The van der Waals surface area contributed by atoms with Gasteiger partial charge >= 0.3 is 12.0 Å². The number of carboxylic acids is 1. The van der Waals surface area contributed by atoms with Crippen molar-refractivity contribution in [3.8, 4) is 0 Å². The number of aliphatic carboxylic acids is 1. The third-order valence-electron chi connectivity index (χ3n) is 3.45. The van der Waals surface area contributed by atoms with E-state index in [1.807, 2.05) is 13.8 Å². The summed E-state index contributed by atoms with van der Waals surface area (Å²) < 4.78 is 0. The second kappa shape index (κ2) is 8.30. The monoisotopic (exact) mass is 337 g/mol. The van der Waals surface area contributed by atoms with E-state index < -0.39 is 24.1 Å². The standard InChI is InChI=1S/C16H23N3O5/c1-4-10(2)18-13(20)11-5-7-12(8-6-11)19-15(23)17-9-16(3,24)14(21)22/h5-8,10,24H,4,9H2,1-3H3,(H,18,20)(H,21,22)(H2,17,19,23). The van der Waals surface area contributed by atoms with E-state index >= 15 is 0 Å². The second-order valence-electron chi connectivity index (χ2n) is 5.75. The lowest BCUT2D eigenvalue weighted by atomic mass is 10.1. The number of benzene rings is 1. The van der Waals surface area contributed by atoms with Crippen molar-refractivity contribution in [1.82, 2.24) is 10.6 Å². The fourth-order valence-corrected chi connectivity index (χ4v) is 1.62. The largest absolute Gasteiger partial charge is 0.479 e. The van der Waals surface area contributed by atoms with Crippen molar-refractivity contribution >= 4 is 23.6 Å². The molecule has 5 N–H and O–H groups in total. The lowest BCUT2D eigenvalue weighted by molar-refractivity contribution is -0.155. The highest BCUT2D eigenvalue weighted by Gasteiger charge is 2.30. The van der Waals surface area contributed by atoms with Gasteiger partial charge < -0.3 is 26.2 Å². The zero-order valence-corrected chi connectivity index (χ0v) is 13.9. The van der Waals surface area contributed by atoms with E-state index in [0.29, 0.717) is 11.3 Å². The van der Waals surface area contributed by atoms with Crippen LogP contribution in [0.4, 0.5) is 10.5 Å². The number of carbonyl (C=O) groups is 3. The van der Waals surface area contributed by atoms with Gasteiger partial charge in [0.1, 0.15) is 0 Å². The Balaban J connectivity index is 2.56. The zero-order chi connectivity index (χ0) is 18.3. The number of aliphatic hydroxyl groups is 1. The van der Waals surface area contributed by atoms with Gasteiger partial charge in [-0.15, -0.1) is 0 Å². The van der Waals surface area contributed by atoms with Gasteiger partial charge in [0.25, 0.3) is 5.91 Å². The Bertz CT molecular complexity index is 598. The second-order valence-corrected chi connectivity index (χ2v) is 5.75. The van der Waals surface area contributed by atoms with Gasteiger partial charge in [-0.1, -0.05) is 6.92 Å². The van der Waals surface area contributed by atoms with Crippen molar-refractivity contribution in [3.63, 3.8) is 0 Å². The highest BCUT2D eigenvalue weighted by molar-refractivity contribution is 5.95. The Hall–Kier alpha value is -2.61. The highest BCUT2D eigenvalue weighted by atomic mass is 16.4. The zero-order valence-electron chi connectivity index (χ0n) is 13.9. The maximum atomic E-state index is 11.9. The molecule has 0 aliphatic rings. The number of hydrogen-bond donors (Lipinski definition) is 5. The molecule has 0 aliphatic carbocycles. The lowest BCUT2D eigenvalue weighted by Gasteiger charge is -2.18. The van der Waals surface area contributed by atoms with E-state index in [-0.39, 0.29) is 11.9 Å². The molecule has 132 valence electrons. The van der Waals surface area contributed by atoms with Crippen molar-refractivity contribution in [2.45, 2.75) is 38.8 Å².